The van der Waals surface area contributed by atoms with Crippen LogP contribution in [0.2, 0.25) is 0 Å². The van der Waals surface area contributed by atoms with Crippen molar-refractivity contribution in [2.75, 3.05) is 11.4 Å². The first kappa shape index (κ1) is 11.6. The molecule has 1 aliphatic heterocycles. The highest BCUT2D eigenvalue weighted by molar-refractivity contribution is 9.10. The number of rotatable bonds is 2. The van der Waals surface area contributed by atoms with Crippen LogP contribution in [0.1, 0.15) is 30.5 Å². The maximum atomic E-state index is 5.51. The number of halogens is 1. The lowest BCUT2D eigenvalue weighted by Gasteiger charge is -2.21. The largest absolute Gasteiger partial charge is 0.408 e. The lowest BCUT2D eigenvalue weighted by atomic mass is 10.1. The Bertz CT molecular complexity index is 539. The monoisotopic (exact) mass is 308 g/mol. The van der Waals surface area contributed by atoms with Crippen LogP contribution < -0.4 is 4.90 Å². The molecule has 6 heteroatoms. The van der Waals surface area contributed by atoms with Crippen LogP contribution in [-0.2, 0) is 0 Å². The molecule has 1 unspecified atom stereocenters. The van der Waals surface area contributed by atoms with Crippen molar-refractivity contribution in [2.24, 2.45) is 0 Å². The Morgan fingerprint density at radius 1 is 1.39 bits per heavy atom. The van der Waals surface area contributed by atoms with Crippen LogP contribution in [0.15, 0.2) is 27.2 Å². The summed E-state index contributed by atoms with van der Waals surface area (Å²) in [5, 5.41) is 7.98. The molecule has 0 radical (unpaired) electrons. The van der Waals surface area contributed by atoms with Gasteiger partial charge in [0, 0.05) is 24.1 Å². The van der Waals surface area contributed by atoms with Crippen molar-refractivity contribution in [3.63, 3.8) is 0 Å². The molecular weight excluding hydrogens is 296 g/mol. The third-order valence-electron chi connectivity index (χ3n) is 3.11. The van der Waals surface area contributed by atoms with Gasteiger partial charge in [-0.25, -0.2) is 0 Å². The van der Waals surface area contributed by atoms with Crippen LogP contribution in [0, 0.1) is 6.92 Å². The molecule has 1 aliphatic rings. The van der Waals surface area contributed by atoms with Gasteiger partial charge in [-0.15, -0.1) is 5.10 Å². The van der Waals surface area contributed by atoms with Crippen molar-refractivity contribution in [3.8, 4) is 0 Å². The first-order chi connectivity index (χ1) is 8.74. The van der Waals surface area contributed by atoms with Gasteiger partial charge >= 0.3 is 6.01 Å². The molecule has 2 aromatic rings. The second-order valence-electron chi connectivity index (χ2n) is 4.36. The fourth-order valence-electron chi connectivity index (χ4n) is 2.29. The van der Waals surface area contributed by atoms with Crippen molar-refractivity contribution < 1.29 is 4.42 Å². The fourth-order valence-corrected chi connectivity index (χ4v) is 2.52. The van der Waals surface area contributed by atoms with Gasteiger partial charge in [-0.2, -0.15) is 0 Å². The van der Waals surface area contributed by atoms with Crippen LogP contribution in [-0.4, -0.2) is 21.7 Å². The van der Waals surface area contributed by atoms with E-state index < -0.39 is 0 Å². The minimum Gasteiger partial charge on any atom is -0.408 e. The van der Waals surface area contributed by atoms with Crippen molar-refractivity contribution >= 4 is 21.9 Å². The maximum Gasteiger partial charge on any atom is 0.318 e. The third kappa shape index (κ3) is 2.12. The van der Waals surface area contributed by atoms with Crippen LogP contribution in [0.5, 0.6) is 0 Å². The summed E-state index contributed by atoms with van der Waals surface area (Å²) in [5.74, 6) is 0.597. The lowest BCUT2D eigenvalue weighted by Crippen LogP contribution is -2.23. The van der Waals surface area contributed by atoms with E-state index in [1.807, 2.05) is 18.3 Å². The van der Waals surface area contributed by atoms with E-state index in [0.29, 0.717) is 11.9 Å². The first-order valence-electron chi connectivity index (χ1n) is 5.92. The topological polar surface area (TPSA) is 55.1 Å². The fraction of sp³-hybridized carbons (Fsp3) is 0.417. The van der Waals surface area contributed by atoms with E-state index in [2.05, 4.69) is 36.0 Å². The van der Waals surface area contributed by atoms with E-state index >= 15 is 0 Å². The van der Waals surface area contributed by atoms with E-state index in [1.54, 1.807) is 6.92 Å². The average Bonchev–Trinajstić information content (AvgIpc) is 2.98. The molecule has 1 saturated heterocycles. The molecule has 3 rings (SSSR count). The summed E-state index contributed by atoms with van der Waals surface area (Å²) in [6.07, 6.45) is 4.00. The van der Waals surface area contributed by atoms with Gasteiger partial charge in [-0.1, -0.05) is 5.10 Å². The zero-order chi connectivity index (χ0) is 12.5. The molecule has 0 amide bonds. The third-order valence-corrected chi connectivity index (χ3v) is 3.57. The highest BCUT2D eigenvalue weighted by Gasteiger charge is 2.30. The number of nitrogens with zero attached hydrogens (tertiary/aromatic N) is 4. The molecule has 0 saturated carbocycles. The summed E-state index contributed by atoms with van der Waals surface area (Å²) in [6, 6.07) is 4.88. The van der Waals surface area contributed by atoms with Crippen molar-refractivity contribution in [1.82, 2.24) is 15.2 Å². The van der Waals surface area contributed by atoms with Gasteiger partial charge in [-0.3, -0.25) is 4.98 Å². The highest BCUT2D eigenvalue weighted by Crippen LogP contribution is 2.34. The smallest absolute Gasteiger partial charge is 0.318 e. The molecule has 5 nitrogen and oxygen atoms in total. The van der Waals surface area contributed by atoms with E-state index in [9.17, 15) is 0 Å². The molecule has 18 heavy (non-hydrogen) atoms. The number of hydrogen-bond acceptors (Lipinski definition) is 5. The van der Waals surface area contributed by atoms with Crippen LogP contribution in [0.4, 0.5) is 6.01 Å². The summed E-state index contributed by atoms with van der Waals surface area (Å²) in [6.45, 7) is 2.74. The van der Waals surface area contributed by atoms with Gasteiger partial charge in [0.05, 0.1) is 11.7 Å². The molecule has 0 aromatic carbocycles. The van der Waals surface area contributed by atoms with Gasteiger partial charge in [0.25, 0.3) is 0 Å². The summed E-state index contributed by atoms with van der Waals surface area (Å²) in [4.78, 5) is 6.60. The zero-order valence-electron chi connectivity index (χ0n) is 10.0. The van der Waals surface area contributed by atoms with Crippen LogP contribution in [0.3, 0.4) is 0 Å². The Hall–Kier alpha value is -1.43. The molecule has 1 atom stereocenters. The summed E-state index contributed by atoms with van der Waals surface area (Å²) < 4.78 is 6.50. The van der Waals surface area contributed by atoms with Crippen molar-refractivity contribution in [1.29, 1.82) is 0 Å². The Morgan fingerprint density at radius 3 is 2.94 bits per heavy atom. The standard InChI is InChI=1S/C12H13BrN4O/c1-8-15-16-12(18-8)17-6-2-3-11(17)10-5-4-9(13)7-14-10/h4-5,7,11H,2-3,6H2,1H3. The van der Waals surface area contributed by atoms with Crippen LogP contribution >= 0.6 is 15.9 Å². The minimum atomic E-state index is 0.234. The minimum absolute atomic E-state index is 0.234. The Kier molecular flexibility index (Phi) is 3.03. The summed E-state index contributed by atoms with van der Waals surface area (Å²) >= 11 is 3.40. The van der Waals surface area contributed by atoms with E-state index in [4.69, 9.17) is 4.42 Å². The number of hydrogen-bond donors (Lipinski definition) is 0. The first-order valence-corrected chi connectivity index (χ1v) is 6.71. The quantitative estimate of drug-likeness (QED) is 0.854. The molecule has 3 heterocycles. The molecule has 1 fully saturated rings. The maximum absolute atomic E-state index is 5.51. The molecule has 0 bridgehead atoms. The van der Waals surface area contributed by atoms with Crippen LogP contribution in [0.25, 0.3) is 0 Å². The molecule has 0 spiro atoms. The van der Waals surface area contributed by atoms with Crippen molar-refractivity contribution in [2.45, 2.75) is 25.8 Å². The predicted molar refractivity (Wildman–Crippen MR) is 70.3 cm³/mol. The van der Waals surface area contributed by atoms with Gasteiger partial charge in [-0.05, 0) is 40.9 Å². The number of aromatic nitrogens is 3. The average molecular weight is 309 g/mol. The molecule has 0 aliphatic carbocycles. The highest BCUT2D eigenvalue weighted by atomic mass is 79.9. The Balaban J connectivity index is 1.89. The van der Waals surface area contributed by atoms with Gasteiger partial charge in [0.15, 0.2) is 0 Å². The molecule has 2 aromatic heterocycles. The summed E-state index contributed by atoms with van der Waals surface area (Å²) in [7, 11) is 0. The van der Waals surface area contributed by atoms with Crippen molar-refractivity contribution in [3.05, 3.63) is 34.4 Å². The number of pyridine rings is 1. The molecule has 0 N–H and O–H groups in total. The number of anilines is 1. The Labute approximate surface area is 113 Å². The lowest BCUT2D eigenvalue weighted by molar-refractivity contribution is 0.496. The molecule has 94 valence electrons. The normalized spacial score (nSPS) is 19.4. The van der Waals surface area contributed by atoms with E-state index in [0.717, 1.165) is 29.6 Å². The SMILES string of the molecule is Cc1nnc(N2CCCC2c2ccc(Br)cn2)o1. The zero-order valence-corrected chi connectivity index (χ0v) is 11.6. The van der Waals surface area contributed by atoms with E-state index in [-0.39, 0.29) is 6.04 Å². The molecular formula is C12H13BrN4O. The summed E-state index contributed by atoms with van der Waals surface area (Å²) in [5.41, 5.74) is 1.05. The van der Waals surface area contributed by atoms with Gasteiger partial charge in [0.1, 0.15) is 0 Å². The van der Waals surface area contributed by atoms with Gasteiger partial charge < -0.3 is 9.32 Å². The van der Waals surface area contributed by atoms with E-state index in [1.165, 1.54) is 0 Å². The van der Waals surface area contributed by atoms with Gasteiger partial charge in [0.2, 0.25) is 5.89 Å². The second-order valence-corrected chi connectivity index (χ2v) is 5.27. The Morgan fingerprint density at radius 2 is 2.28 bits per heavy atom. The number of aryl methyl sites for hydroxylation is 1. The second kappa shape index (κ2) is 4.68. The predicted octanol–water partition coefficient (Wildman–Crippen LogP) is 2.88.